The number of benzene rings is 1. The maximum absolute atomic E-state index is 4.38. The lowest BCUT2D eigenvalue weighted by molar-refractivity contribution is 0.689. The fourth-order valence-electron chi connectivity index (χ4n) is 1.52. The molecule has 2 rings (SSSR count). The Balaban J connectivity index is 0.000000444. The summed E-state index contributed by atoms with van der Waals surface area (Å²) in [5.41, 5.74) is 8.70. The van der Waals surface area contributed by atoms with Gasteiger partial charge in [0.15, 0.2) is 0 Å². The van der Waals surface area contributed by atoms with Crippen molar-refractivity contribution < 1.29 is 0 Å². The van der Waals surface area contributed by atoms with Gasteiger partial charge in [0.2, 0.25) is 0 Å². The molecule has 0 aliphatic carbocycles. The van der Waals surface area contributed by atoms with Gasteiger partial charge in [-0.15, -0.1) is 0 Å². The molecule has 1 aromatic heterocycles. The highest BCUT2D eigenvalue weighted by molar-refractivity contribution is 5.59. The van der Waals surface area contributed by atoms with Crippen LogP contribution in [0.2, 0.25) is 0 Å². The molecule has 0 bridgehead atoms. The highest BCUT2D eigenvalue weighted by atomic mass is 15.3. The molecule has 20 heavy (non-hydrogen) atoms. The van der Waals surface area contributed by atoms with Crippen LogP contribution < -0.4 is 16.2 Å². The van der Waals surface area contributed by atoms with Crippen molar-refractivity contribution in [3.8, 4) is 0 Å². The quantitative estimate of drug-likeness (QED) is 0.750. The van der Waals surface area contributed by atoms with E-state index in [1.165, 1.54) is 5.56 Å². The lowest BCUT2D eigenvalue weighted by atomic mass is 10.2. The second kappa shape index (κ2) is 8.24. The zero-order chi connectivity index (χ0) is 15.0. The molecule has 0 spiro atoms. The maximum atomic E-state index is 4.38. The maximum Gasteiger partial charge on any atom is 0.136 e. The third-order valence-corrected chi connectivity index (χ3v) is 2.62. The molecule has 0 radical (unpaired) electrons. The van der Waals surface area contributed by atoms with Gasteiger partial charge in [0.25, 0.3) is 0 Å². The zero-order valence-corrected chi connectivity index (χ0v) is 12.8. The number of hydrogen-bond acceptors (Lipinski definition) is 5. The van der Waals surface area contributed by atoms with E-state index in [9.17, 15) is 0 Å². The summed E-state index contributed by atoms with van der Waals surface area (Å²) in [6.45, 7) is 5.96. The first-order valence-electron chi connectivity index (χ1n) is 6.54. The minimum Gasteiger partial charge on any atom is -0.340 e. The summed E-state index contributed by atoms with van der Waals surface area (Å²) in [7, 11) is 3.64. The topological polar surface area (TPSA) is 61.9 Å². The van der Waals surface area contributed by atoms with Crippen LogP contribution in [0.25, 0.3) is 0 Å². The van der Waals surface area contributed by atoms with Gasteiger partial charge in [-0.1, -0.05) is 12.1 Å². The Hall–Kier alpha value is -1.98. The molecular formula is C15H23N5. The van der Waals surface area contributed by atoms with Crippen LogP contribution in [0.5, 0.6) is 0 Å². The fourth-order valence-corrected chi connectivity index (χ4v) is 1.52. The zero-order valence-electron chi connectivity index (χ0n) is 12.8. The van der Waals surface area contributed by atoms with E-state index < -0.39 is 0 Å². The molecule has 0 saturated heterocycles. The molecule has 0 fully saturated rings. The highest BCUT2D eigenvalue weighted by Gasteiger charge is 2.01. The van der Waals surface area contributed by atoms with Gasteiger partial charge in [0, 0.05) is 17.4 Å². The Morgan fingerprint density at radius 2 is 1.70 bits per heavy atom. The van der Waals surface area contributed by atoms with Gasteiger partial charge in [0.05, 0.1) is 0 Å². The summed E-state index contributed by atoms with van der Waals surface area (Å²) in [4.78, 5) is 8.52. The number of nitrogens with zero attached hydrogens (tertiary/aromatic N) is 2. The molecule has 108 valence electrons. The molecule has 0 saturated carbocycles. The van der Waals surface area contributed by atoms with Crippen molar-refractivity contribution in [1.82, 2.24) is 20.8 Å². The molecular weight excluding hydrogens is 250 g/mol. The number of aryl methyl sites for hydroxylation is 3. The second-order valence-corrected chi connectivity index (χ2v) is 4.44. The molecule has 0 unspecified atom stereocenters. The van der Waals surface area contributed by atoms with Gasteiger partial charge in [-0.2, -0.15) is 0 Å². The van der Waals surface area contributed by atoms with Gasteiger partial charge >= 0.3 is 0 Å². The highest BCUT2D eigenvalue weighted by Crippen LogP contribution is 2.18. The first-order valence-corrected chi connectivity index (χ1v) is 6.54. The third-order valence-electron chi connectivity index (χ3n) is 2.62. The summed E-state index contributed by atoms with van der Waals surface area (Å²) >= 11 is 0. The molecule has 5 heteroatoms. The minimum atomic E-state index is 0.778. The van der Waals surface area contributed by atoms with Crippen molar-refractivity contribution in [2.75, 3.05) is 19.4 Å². The van der Waals surface area contributed by atoms with Crippen molar-refractivity contribution >= 4 is 11.5 Å². The Morgan fingerprint density at radius 1 is 1.00 bits per heavy atom. The van der Waals surface area contributed by atoms with Gasteiger partial charge in [-0.3, -0.25) is 10.9 Å². The molecule has 5 nitrogen and oxygen atoms in total. The monoisotopic (exact) mass is 273 g/mol. The number of rotatable bonds is 3. The first-order chi connectivity index (χ1) is 9.56. The van der Waals surface area contributed by atoms with Crippen molar-refractivity contribution in [3.05, 3.63) is 47.4 Å². The number of aromatic nitrogens is 2. The predicted octanol–water partition coefficient (Wildman–Crippen LogP) is 2.49. The summed E-state index contributed by atoms with van der Waals surface area (Å²) in [5, 5.41) is 3.30. The van der Waals surface area contributed by atoms with Gasteiger partial charge < -0.3 is 5.32 Å². The molecule has 3 N–H and O–H groups in total. The van der Waals surface area contributed by atoms with Crippen molar-refractivity contribution in [2.45, 2.75) is 20.8 Å². The van der Waals surface area contributed by atoms with Crippen LogP contribution in [0.1, 0.15) is 17.0 Å². The lowest BCUT2D eigenvalue weighted by Crippen LogP contribution is -2.21. The van der Waals surface area contributed by atoms with E-state index in [0.29, 0.717) is 0 Å². The summed E-state index contributed by atoms with van der Waals surface area (Å²) in [6.07, 6.45) is 1.83. The van der Waals surface area contributed by atoms with E-state index in [2.05, 4.69) is 45.2 Å². The predicted molar refractivity (Wildman–Crippen MR) is 84.1 cm³/mol. The first kappa shape index (κ1) is 16.1. The summed E-state index contributed by atoms with van der Waals surface area (Å²) < 4.78 is 0. The van der Waals surface area contributed by atoms with Crippen LogP contribution in [-0.4, -0.2) is 24.1 Å². The Kier molecular flexibility index (Phi) is 6.63. The van der Waals surface area contributed by atoms with E-state index in [1.54, 1.807) is 0 Å². The van der Waals surface area contributed by atoms with Crippen LogP contribution in [-0.2, 0) is 0 Å². The number of hydrogen-bond donors (Lipinski definition) is 3. The van der Waals surface area contributed by atoms with E-state index >= 15 is 0 Å². The second-order valence-electron chi connectivity index (χ2n) is 4.44. The van der Waals surface area contributed by atoms with Crippen molar-refractivity contribution in [3.63, 3.8) is 0 Å². The number of hydrazine groups is 1. The van der Waals surface area contributed by atoms with Crippen LogP contribution >= 0.6 is 0 Å². The molecule has 0 aliphatic rings. The molecule has 0 atom stereocenters. The van der Waals surface area contributed by atoms with Gasteiger partial charge in [-0.05, 0) is 52.6 Å². The SMILES string of the molecule is CNNC.Cc1cccc(Nc2nc(C)ncc2C)c1. The third kappa shape index (κ3) is 5.34. The van der Waals surface area contributed by atoms with Crippen molar-refractivity contribution in [1.29, 1.82) is 0 Å². The number of anilines is 2. The largest absolute Gasteiger partial charge is 0.340 e. The number of nitrogens with one attached hydrogen (secondary N) is 3. The van der Waals surface area contributed by atoms with Crippen molar-refractivity contribution in [2.24, 2.45) is 0 Å². The average Bonchev–Trinajstić information content (AvgIpc) is 2.43. The molecule has 1 aromatic carbocycles. The standard InChI is InChI=1S/C13H15N3.C2H8N2/c1-9-5-4-6-12(7-9)16-13-10(2)8-14-11(3)15-13;1-3-4-2/h4-8H,1-3H3,(H,14,15,16);3-4H,1-2H3. The van der Waals surface area contributed by atoms with Gasteiger partial charge in [0.1, 0.15) is 11.6 Å². The average molecular weight is 273 g/mol. The van der Waals surface area contributed by atoms with Gasteiger partial charge in [-0.25, -0.2) is 9.97 Å². The Morgan fingerprint density at radius 3 is 2.30 bits per heavy atom. The molecule has 0 aliphatic heterocycles. The van der Waals surface area contributed by atoms with Crippen LogP contribution in [0, 0.1) is 20.8 Å². The molecule has 1 heterocycles. The summed E-state index contributed by atoms with van der Waals surface area (Å²) in [6, 6.07) is 8.23. The molecule has 0 amide bonds. The Bertz CT molecular complexity index is 538. The molecule has 2 aromatic rings. The minimum absolute atomic E-state index is 0.778. The van der Waals surface area contributed by atoms with Crippen LogP contribution in [0.3, 0.4) is 0 Å². The lowest BCUT2D eigenvalue weighted by Gasteiger charge is -2.09. The van der Waals surface area contributed by atoms with E-state index in [-0.39, 0.29) is 0 Å². The van der Waals surface area contributed by atoms with Crippen LogP contribution in [0.15, 0.2) is 30.5 Å². The normalized spacial score (nSPS) is 9.65. The van der Waals surface area contributed by atoms with E-state index in [1.807, 2.05) is 46.3 Å². The summed E-state index contributed by atoms with van der Waals surface area (Å²) in [5.74, 6) is 1.65. The van der Waals surface area contributed by atoms with Crippen LogP contribution in [0.4, 0.5) is 11.5 Å². The van der Waals surface area contributed by atoms with E-state index in [4.69, 9.17) is 0 Å². The fraction of sp³-hybridized carbons (Fsp3) is 0.333. The van der Waals surface area contributed by atoms with E-state index in [0.717, 1.165) is 22.9 Å². The smallest absolute Gasteiger partial charge is 0.136 e. The Labute approximate surface area is 120 Å².